The number of fused-ring (bicyclic) bond motifs is 1. The summed E-state index contributed by atoms with van der Waals surface area (Å²) in [5.41, 5.74) is 3.12. The molecule has 0 saturated heterocycles. The summed E-state index contributed by atoms with van der Waals surface area (Å²) in [7, 11) is 4.10. The zero-order valence-electron chi connectivity index (χ0n) is 15.6. The smallest absolute Gasteiger partial charge is 0.176 e. The molecule has 3 rings (SSSR count). The first-order valence-corrected chi connectivity index (χ1v) is 8.91. The number of likely N-dealkylation sites (N-methyl/N-ethyl adjacent to an activating group) is 1. The highest BCUT2D eigenvalue weighted by Gasteiger charge is 2.17. The number of nitrogens with zero attached hydrogens (tertiary/aromatic N) is 1. The molecule has 1 atom stereocenters. The second-order valence-corrected chi connectivity index (χ2v) is 6.80. The first kappa shape index (κ1) is 18.4. The van der Waals surface area contributed by atoms with Crippen LogP contribution in [0.15, 0.2) is 42.5 Å². The molecule has 5 nitrogen and oxygen atoms in total. The van der Waals surface area contributed by atoms with Crippen LogP contribution in [-0.2, 0) is 0 Å². The number of Topliss-reactive ketones (excluding diaryl/α,β-unsaturated/α-hetero) is 1. The average Bonchev–Trinajstić information content (AvgIpc) is 2.65. The van der Waals surface area contributed by atoms with Crippen molar-refractivity contribution in [1.82, 2.24) is 10.2 Å². The van der Waals surface area contributed by atoms with Gasteiger partial charge in [0.15, 0.2) is 17.3 Å². The van der Waals surface area contributed by atoms with Gasteiger partial charge in [0.25, 0.3) is 0 Å². The van der Waals surface area contributed by atoms with Crippen LogP contribution < -0.4 is 14.8 Å². The Labute approximate surface area is 154 Å². The number of nitrogens with one attached hydrogen (secondary N) is 1. The molecule has 2 aromatic rings. The Balaban J connectivity index is 1.59. The van der Waals surface area contributed by atoms with Crippen LogP contribution in [0.25, 0.3) is 0 Å². The molecule has 0 radical (unpaired) electrons. The third-order valence-corrected chi connectivity index (χ3v) is 4.57. The Morgan fingerprint density at radius 3 is 2.46 bits per heavy atom. The van der Waals surface area contributed by atoms with Crippen LogP contribution >= 0.6 is 0 Å². The quantitative estimate of drug-likeness (QED) is 0.775. The molecule has 0 fully saturated rings. The maximum atomic E-state index is 12.5. The number of ether oxygens (including phenoxy) is 2. The Bertz CT molecular complexity index is 756. The van der Waals surface area contributed by atoms with Crippen LogP contribution in [0.3, 0.4) is 0 Å². The molecule has 0 amide bonds. The van der Waals surface area contributed by atoms with Gasteiger partial charge in [-0.25, -0.2) is 0 Å². The minimum absolute atomic E-state index is 0.0448. The minimum atomic E-state index is 0.0448. The number of hydrogen-bond acceptors (Lipinski definition) is 5. The summed E-state index contributed by atoms with van der Waals surface area (Å²) in [5.74, 6) is 1.39. The fourth-order valence-corrected chi connectivity index (χ4v) is 3.03. The van der Waals surface area contributed by atoms with Crippen molar-refractivity contribution < 1.29 is 14.3 Å². The summed E-state index contributed by atoms with van der Waals surface area (Å²) in [4.78, 5) is 14.6. The van der Waals surface area contributed by atoms with E-state index >= 15 is 0 Å². The highest BCUT2D eigenvalue weighted by atomic mass is 16.6. The van der Waals surface area contributed by atoms with Crippen molar-refractivity contribution in [3.05, 3.63) is 59.2 Å². The molecule has 138 valence electrons. The van der Waals surface area contributed by atoms with Crippen molar-refractivity contribution in [2.45, 2.75) is 13.0 Å². The lowest BCUT2D eigenvalue weighted by molar-refractivity contribution is 0.0987. The molecule has 1 heterocycles. The van der Waals surface area contributed by atoms with Crippen molar-refractivity contribution in [3.63, 3.8) is 0 Å². The number of ketones is 1. The molecule has 0 bridgehead atoms. The van der Waals surface area contributed by atoms with E-state index in [1.807, 2.05) is 0 Å². The van der Waals surface area contributed by atoms with E-state index in [-0.39, 0.29) is 18.4 Å². The second-order valence-electron chi connectivity index (χ2n) is 6.80. The van der Waals surface area contributed by atoms with Crippen LogP contribution in [0.2, 0.25) is 0 Å². The SMILES string of the molecule is Cc1ccc(C(CNCC(=O)c2ccc3c(c2)OCCO3)N(C)C)cc1. The Kier molecular flexibility index (Phi) is 5.91. The van der Waals surface area contributed by atoms with Gasteiger partial charge in [-0.1, -0.05) is 29.8 Å². The van der Waals surface area contributed by atoms with Gasteiger partial charge < -0.3 is 19.7 Å². The van der Waals surface area contributed by atoms with Crippen LogP contribution in [-0.4, -0.2) is 51.1 Å². The number of carbonyl (C=O) groups is 1. The normalized spacial score (nSPS) is 14.3. The van der Waals surface area contributed by atoms with E-state index in [4.69, 9.17) is 9.47 Å². The number of benzene rings is 2. The van der Waals surface area contributed by atoms with E-state index in [1.54, 1.807) is 18.2 Å². The first-order valence-electron chi connectivity index (χ1n) is 8.91. The molecule has 1 aliphatic heterocycles. The molecular weight excluding hydrogens is 328 g/mol. The molecule has 2 aromatic carbocycles. The number of hydrogen-bond donors (Lipinski definition) is 1. The maximum Gasteiger partial charge on any atom is 0.176 e. The molecule has 1 N–H and O–H groups in total. The third-order valence-electron chi connectivity index (χ3n) is 4.57. The lowest BCUT2D eigenvalue weighted by Crippen LogP contribution is -2.33. The molecule has 5 heteroatoms. The van der Waals surface area contributed by atoms with Gasteiger partial charge in [-0.15, -0.1) is 0 Å². The van der Waals surface area contributed by atoms with Gasteiger partial charge in [-0.3, -0.25) is 4.79 Å². The number of rotatable bonds is 7. The van der Waals surface area contributed by atoms with E-state index < -0.39 is 0 Å². The fourth-order valence-electron chi connectivity index (χ4n) is 3.03. The molecule has 1 unspecified atom stereocenters. The average molecular weight is 354 g/mol. The van der Waals surface area contributed by atoms with Crippen LogP contribution in [0, 0.1) is 6.92 Å². The van der Waals surface area contributed by atoms with Gasteiger partial charge in [0.1, 0.15) is 13.2 Å². The monoisotopic (exact) mass is 354 g/mol. The van der Waals surface area contributed by atoms with Crippen molar-refractivity contribution in [3.8, 4) is 11.5 Å². The van der Waals surface area contributed by atoms with E-state index in [1.165, 1.54) is 11.1 Å². The van der Waals surface area contributed by atoms with Crippen LogP contribution in [0.4, 0.5) is 0 Å². The predicted octanol–water partition coefficient (Wildman–Crippen LogP) is 2.84. The fraction of sp³-hybridized carbons (Fsp3) is 0.381. The topological polar surface area (TPSA) is 50.8 Å². The summed E-state index contributed by atoms with van der Waals surface area (Å²) in [5, 5.41) is 3.29. The van der Waals surface area contributed by atoms with Gasteiger partial charge in [0.05, 0.1) is 6.54 Å². The second kappa shape index (κ2) is 8.34. The summed E-state index contributed by atoms with van der Waals surface area (Å²) in [6, 6.07) is 14.1. The van der Waals surface area contributed by atoms with Gasteiger partial charge in [-0.2, -0.15) is 0 Å². The lowest BCUT2D eigenvalue weighted by Gasteiger charge is -2.25. The highest BCUT2D eigenvalue weighted by molar-refractivity contribution is 5.98. The molecule has 0 aliphatic carbocycles. The van der Waals surface area contributed by atoms with E-state index in [9.17, 15) is 4.79 Å². The zero-order valence-corrected chi connectivity index (χ0v) is 15.6. The van der Waals surface area contributed by atoms with Gasteiger partial charge in [0, 0.05) is 18.2 Å². The first-order chi connectivity index (χ1) is 12.5. The van der Waals surface area contributed by atoms with E-state index in [2.05, 4.69) is 55.5 Å². The van der Waals surface area contributed by atoms with Gasteiger partial charge in [0.2, 0.25) is 0 Å². The maximum absolute atomic E-state index is 12.5. The lowest BCUT2D eigenvalue weighted by atomic mass is 10.0. The van der Waals surface area contributed by atoms with Crippen molar-refractivity contribution in [2.24, 2.45) is 0 Å². The summed E-state index contributed by atoms with van der Waals surface area (Å²) < 4.78 is 11.0. The Morgan fingerprint density at radius 1 is 1.08 bits per heavy atom. The largest absolute Gasteiger partial charge is 0.486 e. The molecule has 0 aromatic heterocycles. The highest BCUT2D eigenvalue weighted by Crippen LogP contribution is 2.30. The minimum Gasteiger partial charge on any atom is -0.486 e. The number of aryl methyl sites for hydroxylation is 1. The van der Waals surface area contributed by atoms with E-state index in [0.29, 0.717) is 36.8 Å². The van der Waals surface area contributed by atoms with Crippen molar-refractivity contribution in [2.75, 3.05) is 40.4 Å². The van der Waals surface area contributed by atoms with Crippen LogP contribution in [0.5, 0.6) is 11.5 Å². The van der Waals surface area contributed by atoms with Gasteiger partial charge >= 0.3 is 0 Å². The Hall–Kier alpha value is -2.37. The Morgan fingerprint density at radius 2 is 1.77 bits per heavy atom. The van der Waals surface area contributed by atoms with Crippen LogP contribution in [0.1, 0.15) is 27.5 Å². The number of carbonyl (C=O) groups excluding carboxylic acids is 1. The third kappa shape index (κ3) is 4.42. The molecule has 0 spiro atoms. The summed E-state index contributed by atoms with van der Waals surface area (Å²) in [6.07, 6.45) is 0. The molecular formula is C21H26N2O3. The van der Waals surface area contributed by atoms with E-state index in [0.717, 1.165) is 0 Å². The summed E-state index contributed by atoms with van der Waals surface area (Å²) >= 11 is 0. The molecule has 26 heavy (non-hydrogen) atoms. The predicted molar refractivity (Wildman–Crippen MR) is 102 cm³/mol. The molecule has 1 aliphatic rings. The van der Waals surface area contributed by atoms with Crippen molar-refractivity contribution >= 4 is 5.78 Å². The standard InChI is InChI=1S/C21H26N2O3/c1-15-4-6-16(7-5-15)18(23(2)3)13-22-14-19(24)17-8-9-20-21(12-17)26-11-10-25-20/h4-9,12,18,22H,10-11,13-14H2,1-3H3. The molecule has 0 saturated carbocycles. The van der Waals surface area contributed by atoms with Gasteiger partial charge in [-0.05, 0) is 44.8 Å². The summed E-state index contributed by atoms with van der Waals surface area (Å²) in [6.45, 7) is 4.14. The van der Waals surface area contributed by atoms with Crippen molar-refractivity contribution in [1.29, 1.82) is 0 Å². The zero-order chi connectivity index (χ0) is 18.5.